The minimum Gasteiger partial charge on any atom is -0.497 e. The van der Waals surface area contributed by atoms with Gasteiger partial charge in [-0.05, 0) is 55.7 Å². The molecule has 1 heterocycles. The van der Waals surface area contributed by atoms with Crippen LogP contribution in [0.1, 0.15) is 27.0 Å². The van der Waals surface area contributed by atoms with Gasteiger partial charge >= 0.3 is 0 Å². The maximum atomic E-state index is 12.3. The maximum Gasteiger partial charge on any atom is 0.251 e. The number of amides is 1. The number of fused-ring (bicyclic) bond motifs is 1. The first-order valence-corrected chi connectivity index (χ1v) is 8.54. The van der Waals surface area contributed by atoms with Gasteiger partial charge in [-0.15, -0.1) is 0 Å². The molecule has 134 valence electrons. The summed E-state index contributed by atoms with van der Waals surface area (Å²) in [6.45, 7) is 4.38. The van der Waals surface area contributed by atoms with Gasteiger partial charge in [0.15, 0.2) is 0 Å². The first kappa shape index (κ1) is 17.7. The third-order valence-corrected chi connectivity index (χ3v) is 4.53. The summed E-state index contributed by atoms with van der Waals surface area (Å²) in [5.41, 5.74) is 4.12. The van der Waals surface area contributed by atoms with E-state index in [1.54, 1.807) is 31.4 Å². The molecule has 2 N–H and O–H groups in total. The molecular formula is C21H22N2O3. The van der Waals surface area contributed by atoms with Crippen molar-refractivity contribution in [3.63, 3.8) is 0 Å². The number of H-pyrrole nitrogens is 1. The molecule has 26 heavy (non-hydrogen) atoms. The number of carbonyl (C=O) groups is 1. The number of hydrogen-bond acceptors (Lipinski definition) is 3. The molecule has 0 aliphatic rings. The van der Waals surface area contributed by atoms with Crippen molar-refractivity contribution in [3.05, 3.63) is 75.1 Å². The standard InChI is InChI=1S/C21H22N2O3/c1-13-7-8-14(2)19-18(13)12-16(21(25)23-19)9-10-22-20(24)15-5-4-6-17(11-15)26-3/h4-8,11-12H,9-10H2,1-3H3,(H,22,24)(H,23,25). The van der Waals surface area contributed by atoms with Gasteiger partial charge in [0, 0.05) is 23.1 Å². The quantitative estimate of drug-likeness (QED) is 0.743. The Labute approximate surface area is 152 Å². The molecule has 0 bridgehead atoms. The number of ether oxygens (including phenoxy) is 1. The van der Waals surface area contributed by atoms with Gasteiger partial charge in [0.1, 0.15) is 5.75 Å². The predicted molar refractivity (Wildman–Crippen MR) is 103 cm³/mol. The number of benzene rings is 2. The van der Waals surface area contributed by atoms with Gasteiger partial charge < -0.3 is 15.0 Å². The van der Waals surface area contributed by atoms with Crippen molar-refractivity contribution in [2.24, 2.45) is 0 Å². The molecule has 0 saturated heterocycles. The number of pyridine rings is 1. The van der Waals surface area contributed by atoms with Crippen LogP contribution < -0.4 is 15.6 Å². The van der Waals surface area contributed by atoms with Gasteiger partial charge in [0.2, 0.25) is 0 Å². The van der Waals surface area contributed by atoms with Crippen LogP contribution in [0.4, 0.5) is 0 Å². The van der Waals surface area contributed by atoms with Crippen molar-refractivity contribution < 1.29 is 9.53 Å². The van der Waals surface area contributed by atoms with Crippen molar-refractivity contribution in [1.29, 1.82) is 0 Å². The van der Waals surface area contributed by atoms with Gasteiger partial charge in [0.25, 0.3) is 11.5 Å². The fraction of sp³-hybridized carbons (Fsp3) is 0.238. The van der Waals surface area contributed by atoms with Gasteiger partial charge in [-0.1, -0.05) is 18.2 Å². The summed E-state index contributed by atoms with van der Waals surface area (Å²) < 4.78 is 5.13. The summed E-state index contributed by atoms with van der Waals surface area (Å²) in [6.07, 6.45) is 0.467. The molecule has 0 unspecified atom stereocenters. The summed E-state index contributed by atoms with van der Waals surface area (Å²) in [4.78, 5) is 27.6. The predicted octanol–water partition coefficient (Wildman–Crippen LogP) is 3.13. The molecule has 5 heteroatoms. The molecule has 1 aromatic heterocycles. The molecule has 5 nitrogen and oxygen atoms in total. The Morgan fingerprint density at radius 2 is 1.88 bits per heavy atom. The first-order valence-electron chi connectivity index (χ1n) is 8.54. The molecule has 0 spiro atoms. The third kappa shape index (κ3) is 3.61. The summed E-state index contributed by atoms with van der Waals surface area (Å²) in [7, 11) is 1.56. The van der Waals surface area contributed by atoms with Crippen molar-refractivity contribution in [2.45, 2.75) is 20.3 Å². The topological polar surface area (TPSA) is 71.2 Å². The van der Waals surface area contributed by atoms with Crippen LogP contribution in [0.25, 0.3) is 10.9 Å². The van der Waals surface area contributed by atoms with Crippen LogP contribution in [-0.4, -0.2) is 24.5 Å². The maximum absolute atomic E-state index is 12.3. The average Bonchev–Trinajstić information content (AvgIpc) is 2.65. The Balaban J connectivity index is 1.73. The van der Waals surface area contributed by atoms with E-state index in [1.807, 2.05) is 32.0 Å². The first-order chi connectivity index (χ1) is 12.5. The minimum absolute atomic E-state index is 0.109. The summed E-state index contributed by atoms with van der Waals surface area (Å²) >= 11 is 0. The molecule has 2 aromatic carbocycles. The lowest BCUT2D eigenvalue weighted by atomic mass is 10.0. The molecule has 0 saturated carbocycles. The number of rotatable bonds is 5. The van der Waals surface area contributed by atoms with Crippen molar-refractivity contribution in [1.82, 2.24) is 10.3 Å². The Morgan fingerprint density at radius 1 is 1.12 bits per heavy atom. The number of hydrogen-bond donors (Lipinski definition) is 2. The Kier molecular flexibility index (Phi) is 5.07. The van der Waals surface area contributed by atoms with Crippen LogP contribution in [0.5, 0.6) is 5.75 Å². The third-order valence-electron chi connectivity index (χ3n) is 4.53. The van der Waals surface area contributed by atoms with E-state index < -0.39 is 0 Å². The minimum atomic E-state index is -0.187. The van der Waals surface area contributed by atoms with Crippen LogP contribution in [0, 0.1) is 13.8 Å². The van der Waals surface area contributed by atoms with E-state index in [0.29, 0.717) is 29.8 Å². The number of carbonyl (C=O) groups excluding carboxylic acids is 1. The molecule has 3 rings (SSSR count). The molecule has 0 fully saturated rings. The zero-order valence-electron chi connectivity index (χ0n) is 15.2. The highest BCUT2D eigenvalue weighted by atomic mass is 16.5. The molecule has 0 atom stereocenters. The number of methoxy groups -OCH3 is 1. The summed E-state index contributed by atoms with van der Waals surface area (Å²) in [6, 6.07) is 12.9. The second-order valence-corrected chi connectivity index (χ2v) is 6.35. The molecule has 3 aromatic rings. The zero-order valence-corrected chi connectivity index (χ0v) is 15.2. The molecule has 0 radical (unpaired) electrons. The van der Waals surface area contributed by atoms with Gasteiger partial charge in [0.05, 0.1) is 12.6 Å². The Bertz CT molecular complexity index is 1020. The van der Waals surface area contributed by atoms with E-state index in [2.05, 4.69) is 10.3 Å². The molecule has 1 amide bonds. The lowest BCUT2D eigenvalue weighted by molar-refractivity contribution is 0.0953. The van der Waals surface area contributed by atoms with Crippen LogP contribution in [0.3, 0.4) is 0 Å². The van der Waals surface area contributed by atoms with Crippen molar-refractivity contribution >= 4 is 16.8 Å². The van der Waals surface area contributed by atoms with E-state index in [9.17, 15) is 9.59 Å². The number of aromatic amines is 1. The lowest BCUT2D eigenvalue weighted by Gasteiger charge is -2.09. The highest BCUT2D eigenvalue weighted by molar-refractivity contribution is 5.94. The Hall–Kier alpha value is -3.08. The average molecular weight is 350 g/mol. The molecule has 0 aliphatic carbocycles. The fourth-order valence-electron chi connectivity index (χ4n) is 2.98. The largest absolute Gasteiger partial charge is 0.497 e. The highest BCUT2D eigenvalue weighted by Crippen LogP contribution is 2.19. The lowest BCUT2D eigenvalue weighted by Crippen LogP contribution is -2.27. The van der Waals surface area contributed by atoms with Gasteiger partial charge in [-0.2, -0.15) is 0 Å². The van der Waals surface area contributed by atoms with Crippen LogP contribution >= 0.6 is 0 Å². The van der Waals surface area contributed by atoms with Crippen molar-refractivity contribution in [3.8, 4) is 5.75 Å². The Morgan fingerprint density at radius 3 is 2.65 bits per heavy atom. The number of nitrogens with one attached hydrogen (secondary N) is 2. The van der Waals surface area contributed by atoms with Crippen LogP contribution in [-0.2, 0) is 6.42 Å². The highest BCUT2D eigenvalue weighted by Gasteiger charge is 2.09. The zero-order chi connectivity index (χ0) is 18.7. The van der Waals surface area contributed by atoms with Crippen LogP contribution in [0.2, 0.25) is 0 Å². The normalized spacial score (nSPS) is 10.7. The van der Waals surface area contributed by atoms with Gasteiger partial charge in [-0.3, -0.25) is 9.59 Å². The van der Waals surface area contributed by atoms with E-state index in [1.165, 1.54) is 0 Å². The monoisotopic (exact) mass is 350 g/mol. The SMILES string of the molecule is COc1cccc(C(=O)NCCc2cc3c(C)ccc(C)c3[nH]c2=O)c1. The number of aromatic nitrogens is 1. The second kappa shape index (κ2) is 7.44. The fourth-order valence-corrected chi connectivity index (χ4v) is 2.98. The summed E-state index contributed by atoms with van der Waals surface area (Å²) in [5, 5.41) is 3.89. The number of aryl methyl sites for hydroxylation is 2. The molecular weight excluding hydrogens is 328 g/mol. The van der Waals surface area contributed by atoms with E-state index in [4.69, 9.17) is 4.74 Å². The smallest absolute Gasteiger partial charge is 0.251 e. The van der Waals surface area contributed by atoms with Gasteiger partial charge in [-0.25, -0.2) is 0 Å². The van der Waals surface area contributed by atoms with Crippen LogP contribution in [0.15, 0.2) is 47.3 Å². The summed E-state index contributed by atoms with van der Waals surface area (Å²) in [5.74, 6) is 0.447. The van der Waals surface area contributed by atoms with E-state index >= 15 is 0 Å². The second-order valence-electron chi connectivity index (χ2n) is 6.35. The van der Waals surface area contributed by atoms with E-state index in [0.717, 1.165) is 22.0 Å². The van der Waals surface area contributed by atoms with Crippen molar-refractivity contribution in [2.75, 3.05) is 13.7 Å². The van der Waals surface area contributed by atoms with E-state index in [-0.39, 0.29) is 11.5 Å². The molecule has 0 aliphatic heterocycles.